The number of likely N-dealkylation sites (tertiary alicyclic amines) is 1. The van der Waals surface area contributed by atoms with Gasteiger partial charge in [0.05, 0.1) is 13.1 Å². The number of rotatable bonds is 5. The van der Waals surface area contributed by atoms with Crippen LogP contribution >= 0.6 is 0 Å². The fraction of sp³-hybridized carbons (Fsp3) is 0.765. The average molecular weight is 278 g/mol. The molecule has 0 amide bonds. The number of piperidine rings is 1. The lowest BCUT2D eigenvalue weighted by molar-refractivity contribution is 0.163. The maximum absolute atomic E-state index is 5.93. The van der Waals surface area contributed by atoms with Crippen LogP contribution in [0, 0.1) is 5.92 Å². The van der Waals surface area contributed by atoms with Crippen molar-refractivity contribution >= 4 is 0 Å². The van der Waals surface area contributed by atoms with Crippen LogP contribution in [0.5, 0.6) is 0 Å². The first-order valence-electron chi connectivity index (χ1n) is 8.01. The molecular weight excluding hydrogens is 248 g/mol. The monoisotopic (exact) mass is 278 g/mol. The first-order valence-corrected chi connectivity index (χ1v) is 8.01. The average Bonchev–Trinajstić information content (AvgIpc) is 2.84. The van der Waals surface area contributed by atoms with Gasteiger partial charge in [0.2, 0.25) is 0 Å². The van der Waals surface area contributed by atoms with E-state index >= 15 is 0 Å². The highest BCUT2D eigenvalue weighted by Gasteiger charge is 2.18. The van der Waals surface area contributed by atoms with Crippen LogP contribution in [0.2, 0.25) is 0 Å². The van der Waals surface area contributed by atoms with Crippen LogP contribution in [0.15, 0.2) is 16.5 Å². The Balaban J connectivity index is 1.78. The van der Waals surface area contributed by atoms with Gasteiger partial charge >= 0.3 is 0 Å². The second kappa shape index (κ2) is 6.77. The van der Waals surface area contributed by atoms with Crippen molar-refractivity contribution in [2.24, 2.45) is 5.92 Å². The molecule has 2 heterocycles. The summed E-state index contributed by atoms with van der Waals surface area (Å²) in [5.74, 6) is 3.08. The largest absolute Gasteiger partial charge is 0.463 e. The summed E-state index contributed by atoms with van der Waals surface area (Å²) >= 11 is 0. The minimum Gasteiger partial charge on any atom is -0.463 e. The Morgan fingerprint density at radius 3 is 2.45 bits per heavy atom. The lowest BCUT2D eigenvalue weighted by Gasteiger charge is -2.30. The van der Waals surface area contributed by atoms with Crippen molar-refractivity contribution < 1.29 is 4.42 Å². The molecule has 1 saturated heterocycles. The van der Waals surface area contributed by atoms with Crippen LogP contribution in [0.3, 0.4) is 0 Å². The number of hydrogen-bond donors (Lipinski definition) is 1. The van der Waals surface area contributed by atoms with E-state index < -0.39 is 0 Å². The van der Waals surface area contributed by atoms with Crippen molar-refractivity contribution in [3.8, 4) is 0 Å². The molecule has 0 bridgehead atoms. The molecule has 0 atom stereocenters. The predicted octanol–water partition coefficient (Wildman–Crippen LogP) is 3.79. The van der Waals surface area contributed by atoms with E-state index in [0.29, 0.717) is 0 Å². The Hall–Kier alpha value is -0.800. The third-order valence-electron chi connectivity index (χ3n) is 4.17. The summed E-state index contributed by atoms with van der Waals surface area (Å²) in [6.45, 7) is 13.0. The summed E-state index contributed by atoms with van der Waals surface area (Å²) in [5.41, 5.74) is 0.134. The Labute approximate surface area is 123 Å². The highest BCUT2D eigenvalue weighted by molar-refractivity contribution is 5.07. The molecule has 0 aromatic carbocycles. The van der Waals surface area contributed by atoms with Crippen molar-refractivity contribution in [1.82, 2.24) is 10.2 Å². The minimum absolute atomic E-state index is 0.134. The van der Waals surface area contributed by atoms with Gasteiger partial charge in [0.1, 0.15) is 11.5 Å². The number of furan rings is 1. The molecule has 1 aromatic heterocycles. The predicted molar refractivity (Wildman–Crippen MR) is 83.6 cm³/mol. The van der Waals surface area contributed by atoms with E-state index in [-0.39, 0.29) is 5.54 Å². The molecule has 0 unspecified atom stereocenters. The Morgan fingerprint density at radius 2 is 1.85 bits per heavy atom. The molecule has 3 heteroatoms. The molecule has 0 radical (unpaired) electrons. The molecule has 2 rings (SSSR count). The van der Waals surface area contributed by atoms with Gasteiger partial charge in [0.15, 0.2) is 0 Å². The molecule has 1 aliphatic rings. The minimum atomic E-state index is 0.134. The zero-order valence-corrected chi connectivity index (χ0v) is 13.5. The van der Waals surface area contributed by atoms with Gasteiger partial charge in [-0.25, -0.2) is 0 Å². The zero-order chi connectivity index (χ0) is 14.6. The second-order valence-electron chi connectivity index (χ2n) is 7.10. The quantitative estimate of drug-likeness (QED) is 0.888. The standard InChI is InChI=1S/C17H30N2O/c1-5-14-8-10-19(11-9-14)13-16-7-6-15(20-16)12-18-17(2,3)4/h6-7,14,18H,5,8-13H2,1-4H3. The van der Waals surface area contributed by atoms with E-state index in [1.54, 1.807) is 0 Å². The van der Waals surface area contributed by atoms with Gasteiger partial charge in [-0.15, -0.1) is 0 Å². The van der Waals surface area contributed by atoms with E-state index in [4.69, 9.17) is 4.42 Å². The zero-order valence-electron chi connectivity index (χ0n) is 13.5. The molecule has 114 valence electrons. The molecule has 0 spiro atoms. The van der Waals surface area contributed by atoms with E-state index in [9.17, 15) is 0 Å². The summed E-state index contributed by atoms with van der Waals surface area (Å²) in [5, 5.41) is 3.46. The summed E-state index contributed by atoms with van der Waals surface area (Å²) in [4.78, 5) is 2.52. The van der Waals surface area contributed by atoms with Crippen LogP contribution in [-0.2, 0) is 13.1 Å². The highest BCUT2D eigenvalue weighted by atomic mass is 16.3. The maximum Gasteiger partial charge on any atom is 0.118 e. The van der Waals surface area contributed by atoms with Crippen molar-refractivity contribution in [3.63, 3.8) is 0 Å². The number of hydrogen-bond acceptors (Lipinski definition) is 3. The fourth-order valence-electron chi connectivity index (χ4n) is 2.73. The summed E-state index contributed by atoms with van der Waals surface area (Å²) in [6, 6.07) is 4.23. The van der Waals surface area contributed by atoms with Gasteiger partial charge in [0.25, 0.3) is 0 Å². The van der Waals surface area contributed by atoms with Crippen LogP contribution in [0.1, 0.15) is 58.5 Å². The topological polar surface area (TPSA) is 28.4 Å². The van der Waals surface area contributed by atoms with Gasteiger partial charge in [-0.2, -0.15) is 0 Å². The maximum atomic E-state index is 5.93. The molecule has 1 aliphatic heterocycles. The van der Waals surface area contributed by atoms with Crippen molar-refractivity contribution in [1.29, 1.82) is 0 Å². The van der Waals surface area contributed by atoms with Crippen LogP contribution in [0.4, 0.5) is 0 Å². The Kier molecular flexibility index (Phi) is 5.28. The first-order chi connectivity index (χ1) is 9.46. The lowest BCUT2D eigenvalue weighted by Crippen LogP contribution is -2.34. The fourth-order valence-corrected chi connectivity index (χ4v) is 2.73. The molecule has 1 fully saturated rings. The number of nitrogens with one attached hydrogen (secondary N) is 1. The van der Waals surface area contributed by atoms with Gasteiger partial charge in [-0.3, -0.25) is 4.90 Å². The van der Waals surface area contributed by atoms with Crippen LogP contribution in [0.25, 0.3) is 0 Å². The first kappa shape index (κ1) is 15.6. The van der Waals surface area contributed by atoms with E-state index in [0.717, 1.165) is 30.5 Å². The summed E-state index contributed by atoms with van der Waals surface area (Å²) in [7, 11) is 0. The van der Waals surface area contributed by atoms with Gasteiger partial charge in [-0.05, 0) is 64.8 Å². The van der Waals surface area contributed by atoms with E-state index in [1.807, 2.05) is 0 Å². The molecular formula is C17H30N2O. The third kappa shape index (κ3) is 4.95. The molecule has 3 nitrogen and oxygen atoms in total. The SMILES string of the molecule is CCC1CCN(Cc2ccc(CNC(C)(C)C)o2)CC1. The Bertz CT molecular complexity index is 397. The van der Waals surface area contributed by atoms with Gasteiger partial charge < -0.3 is 9.73 Å². The molecule has 1 N–H and O–H groups in total. The van der Waals surface area contributed by atoms with Crippen molar-refractivity contribution in [3.05, 3.63) is 23.7 Å². The van der Waals surface area contributed by atoms with Crippen molar-refractivity contribution in [2.45, 2.75) is 65.6 Å². The smallest absolute Gasteiger partial charge is 0.118 e. The Morgan fingerprint density at radius 1 is 1.20 bits per heavy atom. The molecule has 0 saturated carbocycles. The molecule has 1 aromatic rings. The summed E-state index contributed by atoms with van der Waals surface area (Å²) < 4.78 is 5.93. The van der Waals surface area contributed by atoms with Gasteiger partial charge in [-0.1, -0.05) is 13.3 Å². The summed E-state index contributed by atoms with van der Waals surface area (Å²) in [6.07, 6.45) is 4.02. The van der Waals surface area contributed by atoms with E-state index in [2.05, 4.69) is 50.0 Å². The van der Waals surface area contributed by atoms with Crippen LogP contribution in [-0.4, -0.2) is 23.5 Å². The molecule has 20 heavy (non-hydrogen) atoms. The van der Waals surface area contributed by atoms with E-state index in [1.165, 1.54) is 32.4 Å². The van der Waals surface area contributed by atoms with Crippen molar-refractivity contribution in [2.75, 3.05) is 13.1 Å². The third-order valence-corrected chi connectivity index (χ3v) is 4.17. The van der Waals surface area contributed by atoms with Gasteiger partial charge in [0, 0.05) is 5.54 Å². The highest BCUT2D eigenvalue weighted by Crippen LogP contribution is 2.22. The normalized spacial score (nSPS) is 18.6. The van der Waals surface area contributed by atoms with Crippen LogP contribution < -0.4 is 5.32 Å². The lowest BCUT2D eigenvalue weighted by atomic mass is 9.94. The molecule has 0 aliphatic carbocycles. The number of nitrogens with zero attached hydrogens (tertiary/aromatic N) is 1. The second-order valence-corrected chi connectivity index (χ2v) is 7.10.